The van der Waals surface area contributed by atoms with Crippen LogP contribution in [0.3, 0.4) is 0 Å². The Morgan fingerprint density at radius 2 is 1.79 bits per heavy atom. The van der Waals surface area contributed by atoms with Crippen molar-refractivity contribution < 1.29 is 27.9 Å². The minimum absolute atomic E-state index is 0.0735. The van der Waals surface area contributed by atoms with Crippen LogP contribution in [0.15, 0.2) is 85.1 Å². The lowest BCUT2D eigenvalue weighted by Gasteiger charge is -2.23. The summed E-state index contributed by atoms with van der Waals surface area (Å²) in [5.41, 5.74) is 1.39. The number of hydrogen-bond acceptors (Lipinski definition) is 4. The summed E-state index contributed by atoms with van der Waals surface area (Å²) in [6.07, 6.45) is -1.68. The van der Waals surface area contributed by atoms with E-state index >= 15 is 0 Å². The van der Waals surface area contributed by atoms with Gasteiger partial charge in [0.25, 0.3) is 17.7 Å². The van der Waals surface area contributed by atoms with E-state index in [2.05, 4.69) is 10.3 Å². The van der Waals surface area contributed by atoms with Gasteiger partial charge in [-0.2, -0.15) is 0 Å². The highest BCUT2D eigenvalue weighted by atomic mass is 35.5. The molecule has 39 heavy (non-hydrogen) atoms. The zero-order chi connectivity index (χ0) is 27.7. The van der Waals surface area contributed by atoms with Crippen molar-refractivity contribution in [3.63, 3.8) is 0 Å². The zero-order valence-corrected chi connectivity index (χ0v) is 21.0. The molecule has 5 rings (SSSR count). The number of fused-ring (bicyclic) bond motifs is 1. The van der Waals surface area contributed by atoms with Crippen molar-refractivity contribution in [3.05, 3.63) is 113 Å². The third-order valence-corrected chi connectivity index (χ3v) is 6.69. The Balaban J connectivity index is 1.38. The molecule has 0 saturated heterocycles. The zero-order valence-electron chi connectivity index (χ0n) is 20.2. The fraction of sp³-hybridized carbons (Fsp3) is 0.138. The number of carbonyl (C=O) groups is 2. The summed E-state index contributed by atoms with van der Waals surface area (Å²) in [4.78, 5) is 31.6. The summed E-state index contributed by atoms with van der Waals surface area (Å²) in [6, 6.07) is 19.8. The van der Waals surface area contributed by atoms with Gasteiger partial charge in [-0.15, -0.1) is 0 Å². The predicted octanol–water partition coefficient (Wildman–Crippen LogP) is 6.51. The van der Waals surface area contributed by atoms with Crippen molar-refractivity contribution in [2.24, 2.45) is 0 Å². The van der Waals surface area contributed by atoms with Crippen LogP contribution in [0.5, 0.6) is 0 Å². The van der Waals surface area contributed by atoms with E-state index in [4.69, 9.17) is 11.6 Å². The van der Waals surface area contributed by atoms with Crippen molar-refractivity contribution in [1.82, 2.24) is 4.98 Å². The highest BCUT2D eigenvalue weighted by Crippen LogP contribution is 2.43. The van der Waals surface area contributed by atoms with Crippen molar-refractivity contribution in [3.8, 4) is 11.1 Å². The van der Waals surface area contributed by atoms with Gasteiger partial charge in [0.05, 0.1) is 16.8 Å². The average Bonchev–Trinajstić information content (AvgIpc) is 3.03. The number of hydrogen-bond donors (Lipinski definition) is 2. The number of aromatic nitrogens is 1. The molecule has 4 aromatic rings. The van der Waals surface area contributed by atoms with E-state index in [1.54, 1.807) is 24.3 Å². The van der Waals surface area contributed by atoms with Crippen LogP contribution in [0.2, 0.25) is 5.02 Å². The SMILES string of the molecule is O=C(Nc1ccc(C(=O)N2CCC(F)(F)[C@H](O)c3cc(Cl)ccc32)cn1)c1cc(F)ccc1-c1ccccc1. The molecule has 1 aliphatic heterocycles. The third-order valence-electron chi connectivity index (χ3n) is 6.45. The Hall–Kier alpha value is -4.21. The van der Waals surface area contributed by atoms with Gasteiger partial charge in [0, 0.05) is 29.7 Å². The second kappa shape index (κ2) is 10.5. The molecule has 0 unspecified atom stereocenters. The minimum Gasteiger partial charge on any atom is -0.382 e. The average molecular weight is 552 g/mol. The topological polar surface area (TPSA) is 82.5 Å². The summed E-state index contributed by atoms with van der Waals surface area (Å²) in [5.74, 6) is -5.16. The number of halogens is 4. The van der Waals surface area contributed by atoms with Gasteiger partial charge in [0.15, 0.2) is 0 Å². The van der Waals surface area contributed by atoms with E-state index < -0.39 is 36.1 Å². The maximum absolute atomic E-state index is 14.5. The van der Waals surface area contributed by atoms with Crippen molar-refractivity contribution in [2.45, 2.75) is 18.4 Å². The van der Waals surface area contributed by atoms with Gasteiger partial charge in [-0.3, -0.25) is 9.59 Å². The molecular formula is C29H21ClF3N3O3. The second-order valence-corrected chi connectivity index (χ2v) is 9.45. The first-order valence-corrected chi connectivity index (χ1v) is 12.3. The highest BCUT2D eigenvalue weighted by Gasteiger charge is 2.44. The van der Waals surface area contributed by atoms with Gasteiger partial charge in [0.1, 0.15) is 17.7 Å². The molecule has 0 spiro atoms. The van der Waals surface area contributed by atoms with Crippen LogP contribution in [-0.2, 0) is 0 Å². The highest BCUT2D eigenvalue weighted by molar-refractivity contribution is 6.30. The van der Waals surface area contributed by atoms with Crippen LogP contribution < -0.4 is 10.2 Å². The number of rotatable bonds is 4. The predicted molar refractivity (Wildman–Crippen MR) is 142 cm³/mol. The molecule has 198 valence electrons. The number of alkyl halides is 2. The first kappa shape index (κ1) is 26.4. The van der Waals surface area contributed by atoms with Crippen molar-refractivity contribution >= 4 is 34.9 Å². The van der Waals surface area contributed by atoms with Crippen molar-refractivity contribution in [1.29, 1.82) is 0 Å². The van der Waals surface area contributed by atoms with Crippen LogP contribution in [0.4, 0.5) is 24.7 Å². The fourth-order valence-electron chi connectivity index (χ4n) is 4.45. The summed E-state index contributed by atoms with van der Waals surface area (Å²) in [5, 5.41) is 13.0. The van der Waals surface area contributed by atoms with Crippen LogP contribution in [0, 0.1) is 5.82 Å². The maximum atomic E-state index is 14.5. The summed E-state index contributed by atoms with van der Waals surface area (Å²) in [7, 11) is 0. The lowest BCUT2D eigenvalue weighted by molar-refractivity contribution is -0.112. The molecule has 0 aliphatic carbocycles. The Bertz CT molecular complexity index is 1550. The molecule has 2 amide bonds. The van der Waals surface area contributed by atoms with Crippen LogP contribution in [0.25, 0.3) is 11.1 Å². The standard InChI is InChI=1S/C29H21ClF3N3O3/c30-19-7-10-24-23(14-19)26(37)29(32,33)12-13-36(24)28(39)18-6-11-25(34-16-18)35-27(38)22-15-20(31)8-9-21(22)17-4-2-1-3-5-17/h1-11,14-16,26,37H,12-13H2,(H,34,35,38)/t26-/m1/s1. The first-order chi connectivity index (χ1) is 18.6. The number of aliphatic hydroxyl groups is 1. The maximum Gasteiger partial charge on any atom is 0.279 e. The molecule has 1 atom stereocenters. The lowest BCUT2D eigenvalue weighted by atomic mass is 9.99. The molecule has 0 radical (unpaired) electrons. The summed E-state index contributed by atoms with van der Waals surface area (Å²) < 4.78 is 43.0. The molecule has 10 heteroatoms. The summed E-state index contributed by atoms with van der Waals surface area (Å²) >= 11 is 5.96. The quantitative estimate of drug-likeness (QED) is 0.303. The lowest BCUT2D eigenvalue weighted by Crippen LogP contribution is -2.33. The molecule has 0 saturated carbocycles. The monoisotopic (exact) mass is 551 g/mol. The Morgan fingerprint density at radius 1 is 1.03 bits per heavy atom. The largest absolute Gasteiger partial charge is 0.382 e. The van der Waals surface area contributed by atoms with E-state index in [1.165, 1.54) is 48.7 Å². The number of amides is 2. The van der Waals surface area contributed by atoms with E-state index in [9.17, 15) is 27.9 Å². The molecule has 3 aromatic carbocycles. The van der Waals surface area contributed by atoms with Crippen LogP contribution >= 0.6 is 11.6 Å². The number of anilines is 2. The van der Waals surface area contributed by atoms with Gasteiger partial charge in [-0.25, -0.2) is 18.2 Å². The van der Waals surface area contributed by atoms with E-state index in [0.717, 1.165) is 16.5 Å². The Kier molecular flexibility index (Phi) is 7.12. The minimum atomic E-state index is -3.46. The van der Waals surface area contributed by atoms with Crippen molar-refractivity contribution in [2.75, 3.05) is 16.8 Å². The van der Waals surface area contributed by atoms with E-state index in [-0.39, 0.29) is 39.8 Å². The normalized spacial score (nSPS) is 16.2. The van der Waals surface area contributed by atoms with Crippen LogP contribution in [0.1, 0.15) is 38.8 Å². The number of nitrogens with one attached hydrogen (secondary N) is 1. The molecule has 0 fully saturated rings. The van der Waals surface area contributed by atoms with Gasteiger partial charge in [0.2, 0.25) is 0 Å². The van der Waals surface area contributed by atoms with Gasteiger partial charge >= 0.3 is 0 Å². The number of carbonyl (C=O) groups excluding carboxylic acids is 2. The number of benzene rings is 3. The molecule has 6 nitrogen and oxygen atoms in total. The summed E-state index contributed by atoms with van der Waals surface area (Å²) in [6.45, 7) is -0.349. The molecule has 0 bridgehead atoms. The molecule has 1 aliphatic rings. The smallest absolute Gasteiger partial charge is 0.279 e. The number of pyridine rings is 1. The fourth-order valence-corrected chi connectivity index (χ4v) is 4.63. The van der Waals surface area contributed by atoms with Gasteiger partial charge in [-0.1, -0.05) is 48.0 Å². The first-order valence-electron chi connectivity index (χ1n) is 11.9. The number of nitrogens with zero attached hydrogens (tertiary/aromatic N) is 2. The van der Waals surface area contributed by atoms with Gasteiger partial charge < -0.3 is 15.3 Å². The molecular weight excluding hydrogens is 531 g/mol. The molecule has 2 N–H and O–H groups in total. The van der Waals surface area contributed by atoms with Gasteiger partial charge in [-0.05, 0) is 53.6 Å². The Labute approximate surface area is 226 Å². The molecule has 1 aromatic heterocycles. The van der Waals surface area contributed by atoms with E-state index in [0.29, 0.717) is 5.56 Å². The molecule has 2 heterocycles. The van der Waals surface area contributed by atoms with Crippen LogP contribution in [-0.4, -0.2) is 34.4 Å². The second-order valence-electron chi connectivity index (χ2n) is 9.02. The van der Waals surface area contributed by atoms with E-state index in [1.807, 2.05) is 6.07 Å². The number of aliphatic hydroxyl groups excluding tert-OH is 1. The third kappa shape index (κ3) is 5.36. The Morgan fingerprint density at radius 3 is 2.51 bits per heavy atom.